The molecule has 0 saturated carbocycles. The van der Waals surface area contributed by atoms with Gasteiger partial charge in [-0.05, 0) is 35.9 Å². The first-order valence-electron chi connectivity index (χ1n) is 10.5. The fraction of sp³-hybridized carbons (Fsp3) is 0. The Bertz CT molecular complexity index is 1770. The summed E-state index contributed by atoms with van der Waals surface area (Å²) < 4.78 is 8.17. The summed E-state index contributed by atoms with van der Waals surface area (Å²) in [5, 5.41) is 1.01. The summed E-state index contributed by atoms with van der Waals surface area (Å²) in [6.45, 7) is 0. The molecule has 4 heterocycles. The minimum absolute atomic E-state index is 0.573. The molecule has 0 aliphatic heterocycles. The summed E-state index contributed by atoms with van der Waals surface area (Å²) in [4.78, 5) is 14.3. The van der Waals surface area contributed by atoms with Crippen molar-refractivity contribution in [2.75, 3.05) is 0 Å². The Morgan fingerprint density at radius 1 is 0.719 bits per heavy atom. The Morgan fingerprint density at radius 3 is 2.50 bits per heavy atom. The summed E-state index contributed by atoms with van der Waals surface area (Å²) in [5.41, 5.74) is 8.60. The molecule has 7 aromatic rings. The Labute approximate surface area is 182 Å². The van der Waals surface area contributed by atoms with Gasteiger partial charge < -0.3 is 4.42 Å². The maximum Gasteiger partial charge on any atom is 0.307 e. The SMILES string of the molecule is c1cncc(-c2cccc(-c3nc4ccccc4c4nc5oc6ccccc6n5c34)c2)c1. The molecule has 0 N–H and O–H groups in total. The van der Waals surface area contributed by atoms with Crippen LogP contribution in [0.5, 0.6) is 0 Å². The zero-order chi connectivity index (χ0) is 21.1. The molecule has 0 amide bonds. The molecule has 5 heteroatoms. The normalized spacial score (nSPS) is 11.8. The predicted octanol–water partition coefficient (Wildman–Crippen LogP) is 6.51. The Kier molecular flexibility index (Phi) is 3.49. The molecule has 0 aliphatic rings. The smallest absolute Gasteiger partial charge is 0.307 e. The third-order valence-electron chi connectivity index (χ3n) is 5.90. The number of para-hydroxylation sites is 3. The fourth-order valence-electron chi connectivity index (χ4n) is 4.45. The van der Waals surface area contributed by atoms with Crippen LogP contribution in [0.2, 0.25) is 0 Å². The second-order valence-electron chi connectivity index (χ2n) is 7.80. The Hall–Kier alpha value is -4.51. The molecule has 3 aromatic carbocycles. The van der Waals surface area contributed by atoms with Crippen molar-refractivity contribution in [3.05, 3.63) is 97.3 Å². The Balaban J connectivity index is 1.62. The van der Waals surface area contributed by atoms with Crippen LogP contribution >= 0.6 is 0 Å². The highest BCUT2D eigenvalue weighted by Crippen LogP contribution is 2.36. The van der Waals surface area contributed by atoms with E-state index < -0.39 is 0 Å². The predicted molar refractivity (Wildman–Crippen MR) is 126 cm³/mol. The van der Waals surface area contributed by atoms with Crippen LogP contribution in [0.25, 0.3) is 61.3 Å². The molecular weight excluding hydrogens is 396 g/mol. The number of aromatic nitrogens is 4. The minimum Gasteiger partial charge on any atom is -0.423 e. The van der Waals surface area contributed by atoms with E-state index in [1.165, 1.54) is 0 Å². The van der Waals surface area contributed by atoms with Gasteiger partial charge in [0.1, 0.15) is 11.0 Å². The van der Waals surface area contributed by atoms with Crippen LogP contribution in [0.3, 0.4) is 0 Å². The summed E-state index contributed by atoms with van der Waals surface area (Å²) in [6, 6.07) is 28.6. The van der Waals surface area contributed by atoms with E-state index in [2.05, 4.69) is 51.8 Å². The second-order valence-corrected chi connectivity index (χ2v) is 7.80. The zero-order valence-corrected chi connectivity index (χ0v) is 16.9. The summed E-state index contributed by atoms with van der Waals surface area (Å²) in [7, 11) is 0. The monoisotopic (exact) mass is 412 g/mol. The van der Waals surface area contributed by atoms with Crippen LogP contribution in [0, 0.1) is 0 Å². The fourth-order valence-corrected chi connectivity index (χ4v) is 4.45. The van der Waals surface area contributed by atoms with Crippen molar-refractivity contribution in [3.63, 3.8) is 0 Å². The molecule has 5 nitrogen and oxygen atoms in total. The summed E-state index contributed by atoms with van der Waals surface area (Å²) >= 11 is 0. The average molecular weight is 412 g/mol. The number of benzene rings is 3. The highest BCUT2D eigenvalue weighted by atomic mass is 16.4. The molecule has 0 bridgehead atoms. The van der Waals surface area contributed by atoms with Gasteiger partial charge in [0.05, 0.1) is 16.7 Å². The number of imidazole rings is 1. The van der Waals surface area contributed by atoms with E-state index in [9.17, 15) is 0 Å². The second kappa shape index (κ2) is 6.49. The largest absolute Gasteiger partial charge is 0.423 e. The number of rotatable bonds is 2. The first-order chi connectivity index (χ1) is 15.9. The van der Waals surface area contributed by atoms with Crippen LogP contribution in [0.1, 0.15) is 0 Å². The lowest BCUT2D eigenvalue weighted by molar-refractivity contribution is 0.643. The Morgan fingerprint density at radius 2 is 1.56 bits per heavy atom. The van der Waals surface area contributed by atoms with Gasteiger partial charge in [-0.1, -0.05) is 54.6 Å². The van der Waals surface area contributed by atoms with E-state index in [0.29, 0.717) is 5.84 Å². The highest BCUT2D eigenvalue weighted by molar-refractivity contribution is 6.10. The average Bonchev–Trinajstić information content (AvgIpc) is 3.41. The first kappa shape index (κ1) is 17.2. The van der Waals surface area contributed by atoms with Crippen LogP contribution < -0.4 is 0 Å². The van der Waals surface area contributed by atoms with Gasteiger partial charge in [-0.25, -0.2) is 4.98 Å². The van der Waals surface area contributed by atoms with Gasteiger partial charge in [0, 0.05) is 28.9 Å². The van der Waals surface area contributed by atoms with E-state index in [0.717, 1.165) is 55.4 Å². The van der Waals surface area contributed by atoms with Gasteiger partial charge in [-0.2, -0.15) is 4.98 Å². The molecule has 4 aromatic heterocycles. The maximum atomic E-state index is 6.09. The van der Waals surface area contributed by atoms with Gasteiger partial charge in [0.15, 0.2) is 5.58 Å². The quantitative estimate of drug-likeness (QED) is 0.325. The zero-order valence-electron chi connectivity index (χ0n) is 16.9. The van der Waals surface area contributed by atoms with E-state index in [1.807, 2.05) is 48.7 Å². The molecule has 0 aliphatic carbocycles. The number of pyridine rings is 2. The highest BCUT2D eigenvalue weighted by Gasteiger charge is 2.20. The van der Waals surface area contributed by atoms with Crippen molar-refractivity contribution >= 4 is 38.9 Å². The summed E-state index contributed by atoms with van der Waals surface area (Å²) in [5.74, 6) is 0.573. The van der Waals surface area contributed by atoms with Gasteiger partial charge >= 0.3 is 5.84 Å². The van der Waals surface area contributed by atoms with Crippen molar-refractivity contribution in [2.24, 2.45) is 0 Å². The molecule has 0 saturated heterocycles. The van der Waals surface area contributed by atoms with E-state index in [4.69, 9.17) is 14.4 Å². The van der Waals surface area contributed by atoms with Crippen molar-refractivity contribution < 1.29 is 4.42 Å². The van der Waals surface area contributed by atoms with E-state index in [-0.39, 0.29) is 0 Å². The molecule has 32 heavy (non-hydrogen) atoms. The standard InChI is InChI=1S/C27H16N4O/c1-2-11-21-20(10-1)25-26(31-22-12-3-4-13-23(22)32-27(31)30-25)24(29-21)18-8-5-7-17(15-18)19-9-6-14-28-16-19/h1-16H. The van der Waals surface area contributed by atoms with Gasteiger partial charge in [-0.15, -0.1) is 0 Å². The number of hydrogen-bond donors (Lipinski definition) is 0. The minimum atomic E-state index is 0.573. The third-order valence-corrected chi connectivity index (χ3v) is 5.90. The molecule has 150 valence electrons. The molecule has 0 fully saturated rings. The van der Waals surface area contributed by atoms with Crippen LogP contribution in [0.15, 0.2) is 102 Å². The lowest BCUT2D eigenvalue weighted by Gasteiger charge is -2.09. The van der Waals surface area contributed by atoms with E-state index in [1.54, 1.807) is 6.20 Å². The van der Waals surface area contributed by atoms with Gasteiger partial charge in [0.25, 0.3) is 0 Å². The van der Waals surface area contributed by atoms with Crippen molar-refractivity contribution in [1.29, 1.82) is 0 Å². The molecule has 7 rings (SSSR count). The lowest BCUT2D eigenvalue weighted by atomic mass is 10.0. The number of nitrogens with zero attached hydrogens (tertiary/aromatic N) is 4. The lowest BCUT2D eigenvalue weighted by Crippen LogP contribution is -1.92. The van der Waals surface area contributed by atoms with Crippen molar-refractivity contribution in [2.45, 2.75) is 0 Å². The van der Waals surface area contributed by atoms with Crippen LogP contribution in [0.4, 0.5) is 0 Å². The van der Waals surface area contributed by atoms with Gasteiger partial charge in [0.2, 0.25) is 0 Å². The molecule has 0 atom stereocenters. The topological polar surface area (TPSA) is 56.2 Å². The number of hydrogen-bond acceptors (Lipinski definition) is 4. The number of oxazole rings is 1. The van der Waals surface area contributed by atoms with Crippen LogP contribution in [-0.2, 0) is 0 Å². The summed E-state index contributed by atoms with van der Waals surface area (Å²) in [6.07, 6.45) is 3.66. The van der Waals surface area contributed by atoms with Crippen LogP contribution in [-0.4, -0.2) is 19.4 Å². The molecule has 0 spiro atoms. The van der Waals surface area contributed by atoms with Crippen molar-refractivity contribution in [3.8, 4) is 22.4 Å². The molecular formula is C27H16N4O. The van der Waals surface area contributed by atoms with E-state index >= 15 is 0 Å². The first-order valence-corrected chi connectivity index (χ1v) is 10.5. The third kappa shape index (κ3) is 2.42. The maximum absolute atomic E-state index is 6.09. The van der Waals surface area contributed by atoms with Gasteiger partial charge in [-0.3, -0.25) is 9.38 Å². The molecule has 0 radical (unpaired) electrons. The van der Waals surface area contributed by atoms with Crippen molar-refractivity contribution in [1.82, 2.24) is 19.4 Å². The number of fused-ring (bicyclic) bond motifs is 7. The molecule has 0 unspecified atom stereocenters.